The fourth-order valence-electron chi connectivity index (χ4n) is 2.99. The van der Waals surface area contributed by atoms with E-state index in [4.69, 9.17) is 9.47 Å². The third-order valence-corrected chi connectivity index (χ3v) is 6.76. The van der Waals surface area contributed by atoms with E-state index >= 15 is 0 Å². The van der Waals surface area contributed by atoms with Crippen molar-refractivity contribution in [1.29, 1.82) is 0 Å². The second-order valence-corrected chi connectivity index (χ2v) is 9.18. The number of aryl methyl sites for hydroxylation is 3. The highest BCUT2D eigenvalue weighted by molar-refractivity contribution is 8.00. The molecule has 0 fully saturated rings. The first-order valence-electron chi connectivity index (χ1n) is 9.04. The van der Waals surface area contributed by atoms with Crippen LogP contribution in [0.4, 0.5) is 5.69 Å². The van der Waals surface area contributed by atoms with Gasteiger partial charge in [-0.1, -0.05) is 11.8 Å². The van der Waals surface area contributed by atoms with Gasteiger partial charge >= 0.3 is 0 Å². The number of nitrogens with zero attached hydrogens (tertiary/aromatic N) is 2. The summed E-state index contributed by atoms with van der Waals surface area (Å²) in [5.74, 6) is 1.99. The standard InChI is InChI=1S/C20H21N3O3S2/c1-10-11(2)27-19-17(10)20(22-13(4)21-19)28-12(3)18(24)23-14-5-6-15-16(9-14)26-8-7-25-15/h5-6,9,12H,7-8H2,1-4H3,(H,23,24)/t12-/m0/s1. The summed E-state index contributed by atoms with van der Waals surface area (Å²) in [6.45, 7) is 8.99. The van der Waals surface area contributed by atoms with Gasteiger partial charge in [0.15, 0.2) is 11.5 Å². The maximum atomic E-state index is 12.8. The minimum Gasteiger partial charge on any atom is -0.486 e. The van der Waals surface area contributed by atoms with Gasteiger partial charge in [-0.3, -0.25) is 4.79 Å². The number of benzene rings is 1. The molecule has 1 aliphatic heterocycles. The fraction of sp³-hybridized carbons (Fsp3) is 0.350. The summed E-state index contributed by atoms with van der Waals surface area (Å²) in [7, 11) is 0. The van der Waals surface area contributed by atoms with Crippen LogP contribution in [0, 0.1) is 20.8 Å². The molecular weight excluding hydrogens is 394 g/mol. The van der Waals surface area contributed by atoms with Crippen molar-refractivity contribution in [3.05, 3.63) is 34.5 Å². The Bertz CT molecular complexity index is 1060. The highest BCUT2D eigenvalue weighted by atomic mass is 32.2. The van der Waals surface area contributed by atoms with Crippen LogP contribution in [0.15, 0.2) is 23.2 Å². The number of carbonyl (C=O) groups excluding carboxylic acids is 1. The molecule has 0 spiro atoms. The Morgan fingerprint density at radius 2 is 1.93 bits per heavy atom. The molecule has 0 unspecified atom stereocenters. The van der Waals surface area contributed by atoms with Crippen molar-refractivity contribution in [2.75, 3.05) is 18.5 Å². The summed E-state index contributed by atoms with van der Waals surface area (Å²) in [6, 6.07) is 5.43. The van der Waals surface area contributed by atoms with Crippen molar-refractivity contribution in [2.24, 2.45) is 0 Å². The summed E-state index contributed by atoms with van der Waals surface area (Å²) in [6.07, 6.45) is 0. The van der Waals surface area contributed by atoms with Gasteiger partial charge in [0.1, 0.15) is 28.9 Å². The second-order valence-electron chi connectivity index (χ2n) is 6.65. The fourth-order valence-corrected chi connectivity index (χ4v) is 5.18. The van der Waals surface area contributed by atoms with Gasteiger partial charge in [-0.2, -0.15) is 0 Å². The molecule has 146 valence electrons. The molecule has 1 aliphatic rings. The molecule has 0 bridgehead atoms. The van der Waals surface area contributed by atoms with Crippen molar-refractivity contribution in [3.8, 4) is 11.5 Å². The van der Waals surface area contributed by atoms with E-state index in [0.717, 1.165) is 21.1 Å². The highest BCUT2D eigenvalue weighted by Crippen LogP contribution is 2.37. The van der Waals surface area contributed by atoms with E-state index in [-0.39, 0.29) is 11.2 Å². The monoisotopic (exact) mass is 415 g/mol. The van der Waals surface area contributed by atoms with Crippen LogP contribution < -0.4 is 14.8 Å². The van der Waals surface area contributed by atoms with Crippen molar-refractivity contribution in [1.82, 2.24) is 9.97 Å². The molecule has 0 saturated heterocycles. The minimum atomic E-state index is -0.315. The summed E-state index contributed by atoms with van der Waals surface area (Å²) >= 11 is 3.13. The van der Waals surface area contributed by atoms with Gasteiger partial charge in [0.05, 0.1) is 5.25 Å². The average molecular weight is 416 g/mol. The number of aromatic nitrogens is 2. The van der Waals surface area contributed by atoms with E-state index in [1.807, 2.05) is 26.0 Å². The molecule has 8 heteroatoms. The first kappa shape index (κ1) is 19.0. The molecule has 0 radical (unpaired) electrons. The number of carbonyl (C=O) groups is 1. The van der Waals surface area contributed by atoms with Crippen LogP contribution in [0.5, 0.6) is 11.5 Å². The van der Waals surface area contributed by atoms with Crippen LogP contribution >= 0.6 is 23.1 Å². The lowest BCUT2D eigenvalue weighted by Crippen LogP contribution is -2.23. The molecule has 1 N–H and O–H groups in total. The Morgan fingerprint density at radius 1 is 1.18 bits per heavy atom. The number of ether oxygens (including phenoxy) is 2. The van der Waals surface area contributed by atoms with E-state index < -0.39 is 0 Å². The van der Waals surface area contributed by atoms with Gasteiger partial charge in [0.2, 0.25) is 5.91 Å². The largest absolute Gasteiger partial charge is 0.486 e. The normalized spacial score (nSPS) is 14.1. The molecule has 0 aliphatic carbocycles. The predicted molar refractivity (Wildman–Crippen MR) is 113 cm³/mol. The molecule has 2 aromatic heterocycles. The Morgan fingerprint density at radius 3 is 2.71 bits per heavy atom. The summed E-state index contributed by atoms with van der Waals surface area (Å²) in [5.41, 5.74) is 1.87. The number of anilines is 1. The topological polar surface area (TPSA) is 73.3 Å². The zero-order valence-corrected chi connectivity index (χ0v) is 17.8. The number of fused-ring (bicyclic) bond motifs is 2. The second kappa shape index (κ2) is 7.60. The van der Waals surface area contributed by atoms with Crippen LogP contribution in [-0.4, -0.2) is 34.3 Å². The van der Waals surface area contributed by atoms with Gasteiger partial charge in [-0.25, -0.2) is 9.97 Å². The third-order valence-electron chi connectivity index (χ3n) is 4.57. The first-order valence-corrected chi connectivity index (χ1v) is 10.7. The number of nitrogens with one attached hydrogen (secondary N) is 1. The SMILES string of the molecule is Cc1nc(S[C@@H](C)C(=O)Nc2ccc3c(c2)OCCO3)c2c(C)c(C)sc2n1. The van der Waals surface area contributed by atoms with Crippen LogP contribution in [0.1, 0.15) is 23.2 Å². The van der Waals surface area contributed by atoms with Crippen LogP contribution in [0.3, 0.4) is 0 Å². The van der Waals surface area contributed by atoms with Crippen LogP contribution in [0.2, 0.25) is 0 Å². The minimum absolute atomic E-state index is 0.0873. The number of rotatable bonds is 4. The Hall–Kier alpha value is -2.32. The van der Waals surface area contributed by atoms with Crippen molar-refractivity contribution in [2.45, 2.75) is 38.0 Å². The van der Waals surface area contributed by atoms with E-state index in [1.54, 1.807) is 17.4 Å². The van der Waals surface area contributed by atoms with Gasteiger partial charge in [0.25, 0.3) is 0 Å². The van der Waals surface area contributed by atoms with E-state index in [9.17, 15) is 4.79 Å². The van der Waals surface area contributed by atoms with E-state index in [2.05, 4.69) is 29.1 Å². The average Bonchev–Trinajstić information content (AvgIpc) is 2.95. The zero-order chi connectivity index (χ0) is 19.8. The lowest BCUT2D eigenvalue weighted by Gasteiger charge is -2.19. The quantitative estimate of drug-likeness (QED) is 0.499. The number of thioether (sulfide) groups is 1. The molecule has 0 saturated carbocycles. The molecule has 1 aromatic carbocycles. The number of amides is 1. The highest BCUT2D eigenvalue weighted by Gasteiger charge is 2.21. The zero-order valence-electron chi connectivity index (χ0n) is 16.2. The molecule has 3 aromatic rings. The molecule has 3 heterocycles. The van der Waals surface area contributed by atoms with E-state index in [1.165, 1.54) is 22.2 Å². The Balaban J connectivity index is 1.53. The molecule has 4 rings (SSSR count). The van der Waals surface area contributed by atoms with Crippen LogP contribution in [0.25, 0.3) is 10.2 Å². The summed E-state index contributed by atoms with van der Waals surface area (Å²) in [4.78, 5) is 24.1. The van der Waals surface area contributed by atoms with Gasteiger partial charge in [-0.15, -0.1) is 11.3 Å². The lowest BCUT2D eigenvalue weighted by molar-refractivity contribution is -0.115. The summed E-state index contributed by atoms with van der Waals surface area (Å²) < 4.78 is 11.1. The maximum Gasteiger partial charge on any atom is 0.237 e. The Kier molecular flexibility index (Phi) is 5.16. The number of hydrogen-bond acceptors (Lipinski definition) is 7. The molecule has 1 amide bonds. The summed E-state index contributed by atoms with van der Waals surface area (Å²) in [5, 5.41) is 4.55. The smallest absolute Gasteiger partial charge is 0.237 e. The Labute approximate surface area is 171 Å². The van der Waals surface area contributed by atoms with Crippen molar-refractivity contribution < 1.29 is 14.3 Å². The number of thiophene rings is 1. The molecular formula is C20H21N3O3S2. The number of hydrogen-bond donors (Lipinski definition) is 1. The van der Waals surface area contributed by atoms with Gasteiger partial charge in [-0.05, 0) is 45.4 Å². The van der Waals surface area contributed by atoms with Crippen molar-refractivity contribution in [3.63, 3.8) is 0 Å². The molecule has 6 nitrogen and oxygen atoms in total. The lowest BCUT2D eigenvalue weighted by atomic mass is 10.2. The predicted octanol–water partition coefficient (Wildman–Crippen LogP) is 4.51. The maximum absolute atomic E-state index is 12.8. The third kappa shape index (κ3) is 3.66. The molecule has 1 atom stereocenters. The first-order chi connectivity index (χ1) is 13.4. The van der Waals surface area contributed by atoms with Crippen molar-refractivity contribution >= 4 is 44.9 Å². The van der Waals surface area contributed by atoms with Gasteiger partial charge in [0, 0.05) is 22.0 Å². The van der Waals surface area contributed by atoms with E-state index in [0.29, 0.717) is 30.4 Å². The molecule has 28 heavy (non-hydrogen) atoms. The van der Waals surface area contributed by atoms with Crippen LogP contribution in [-0.2, 0) is 4.79 Å². The van der Waals surface area contributed by atoms with Gasteiger partial charge < -0.3 is 14.8 Å².